The van der Waals surface area contributed by atoms with Gasteiger partial charge in [0.25, 0.3) is 0 Å². The van der Waals surface area contributed by atoms with E-state index in [4.69, 9.17) is 11.6 Å². The minimum Gasteiger partial charge on any atom is -0.315 e. The first kappa shape index (κ1) is 15.5. The summed E-state index contributed by atoms with van der Waals surface area (Å²) in [6.45, 7) is 11.6. The van der Waals surface area contributed by atoms with E-state index in [1.165, 1.54) is 5.56 Å². The fourth-order valence-electron chi connectivity index (χ4n) is 1.79. The number of nitrogens with one attached hydrogen (secondary N) is 2. The van der Waals surface area contributed by atoms with Crippen LogP contribution in [0.4, 0.5) is 0 Å². The van der Waals surface area contributed by atoms with Crippen LogP contribution in [-0.2, 0) is 6.54 Å². The van der Waals surface area contributed by atoms with Gasteiger partial charge in [-0.05, 0) is 37.4 Å². The lowest BCUT2D eigenvalue weighted by Crippen LogP contribution is -2.37. The van der Waals surface area contributed by atoms with Crippen molar-refractivity contribution in [2.24, 2.45) is 5.92 Å². The normalized spacial score (nSPS) is 13.0. The van der Waals surface area contributed by atoms with Gasteiger partial charge < -0.3 is 10.6 Å². The number of aryl methyl sites for hydroxylation is 1. The maximum Gasteiger partial charge on any atom is 0.0480 e. The number of benzene rings is 1. The molecule has 0 fully saturated rings. The molecular formula is C15H25ClN2. The first-order chi connectivity index (χ1) is 8.50. The molecule has 1 rings (SSSR count). The first-order valence-corrected chi connectivity index (χ1v) is 7.06. The van der Waals surface area contributed by atoms with Crippen molar-refractivity contribution in [1.29, 1.82) is 0 Å². The minimum absolute atomic E-state index is 0.445. The second-order valence-electron chi connectivity index (χ2n) is 5.38. The van der Waals surface area contributed by atoms with E-state index in [0.29, 0.717) is 12.0 Å². The average molecular weight is 269 g/mol. The van der Waals surface area contributed by atoms with Gasteiger partial charge in [0.2, 0.25) is 0 Å². The Morgan fingerprint density at radius 1 is 1.17 bits per heavy atom. The predicted octanol–water partition coefficient (Wildman–Crippen LogP) is 3.37. The molecule has 18 heavy (non-hydrogen) atoms. The zero-order valence-electron chi connectivity index (χ0n) is 11.9. The highest BCUT2D eigenvalue weighted by atomic mass is 35.5. The highest BCUT2D eigenvalue weighted by Crippen LogP contribution is 2.19. The Morgan fingerprint density at radius 3 is 2.56 bits per heavy atom. The van der Waals surface area contributed by atoms with Gasteiger partial charge in [-0.25, -0.2) is 0 Å². The van der Waals surface area contributed by atoms with Crippen LogP contribution >= 0.6 is 11.6 Å². The fraction of sp³-hybridized carbons (Fsp3) is 0.600. The molecule has 3 heteroatoms. The maximum absolute atomic E-state index is 6.27. The van der Waals surface area contributed by atoms with Gasteiger partial charge in [-0.15, -0.1) is 0 Å². The number of rotatable bonds is 7. The molecule has 0 saturated heterocycles. The molecule has 0 heterocycles. The van der Waals surface area contributed by atoms with Crippen LogP contribution in [0.2, 0.25) is 5.02 Å². The summed E-state index contributed by atoms with van der Waals surface area (Å²) < 4.78 is 0. The lowest BCUT2D eigenvalue weighted by molar-refractivity contribution is 0.472. The fourth-order valence-corrected chi connectivity index (χ4v) is 1.98. The van der Waals surface area contributed by atoms with Crippen LogP contribution in [0.5, 0.6) is 0 Å². The molecule has 0 bridgehead atoms. The Bertz CT molecular complexity index is 364. The Labute approximate surface area is 116 Å². The summed E-state index contributed by atoms with van der Waals surface area (Å²) in [5.41, 5.74) is 2.31. The molecule has 0 aliphatic rings. The van der Waals surface area contributed by atoms with Crippen LogP contribution in [0, 0.1) is 12.8 Å². The zero-order valence-corrected chi connectivity index (χ0v) is 12.6. The molecule has 0 aliphatic heterocycles. The molecule has 0 radical (unpaired) electrons. The standard InChI is InChI=1S/C15H25ClN2/c1-11(2)8-17-9-13(4)18-10-14-7-5-6-12(3)15(14)16/h5-7,11,13,17-18H,8-10H2,1-4H3. The summed E-state index contributed by atoms with van der Waals surface area (Å²) in [6.07, 6.45) is 0. The topological polar surface area (TPSA) is 24.1 Å². The first-order valence-electron chi connectivity index (χ1n) is 6.68. The third kappa shape index (κ3) is 5.38. The molecule has 1 atom stereocenters. The van der Waals surface area contributed by atoms with Crippen molar-refractivity contribution < 1.29 is 0 Å². The summed E-state index contributed by atoms with van der Waals surface area (Å²) in [6, 6.07) is 6.62. The van der Waals surface area contributed by atoms with Crippen LogP contribution in [0.1, 0.15) is 31.9 Å². The van der Waals surface area contributed by atoms with Crippen molar-refractivity contribution >= 4 is 11.6 Å². The van der Waals surface area contributed by atoms with E-state index in [-0.39, 0.29) is 0 Å². The van der Waals surface area contributed by atoms with E-state index in [9.17, 15) is 0 Å². The van der Waals surface area contributed by atoms with Gasteiger partial charge in [0.05, 0.1) is 0 Å². The molecule has 0 aliphatic carbocycles. The Morgan fingerprint density at radius 2 is 1.89 bits per heavy atom. The molecule has 2 N–H and O–H groups in total. The molecule has 0 aromatic heterocycles. The summed E-state index contributed by atoms with van der Waals surface area (Å²) in [7, 11) is 0. The van der Waals surface area contributed by atoms with E-state index in [0.717, 1.165) is 30.2 Å². The van der Waals surface area contributed by atoms with Crippen LogP contribution in [0.15, 0.2) is 18.2 Å². The Balaban J connectivity index is 2.33. The lowest BCUT2D eigenvalue weighted by atomic mass is 10.1. The summed E-state index contributed by atoms with van der Waals surface area (Å²) in [5, 5.41) is 7.83. The van der Waals surface area contributed by atoms with Crippen LogP contribution < -0.4 is 10.6 Å². The lowest BCUT2D eigenvalue weighted by Gasteiger charge is -2.16. The maximum atomic E-state index is 6.27. The van der Waals surface area contributed by atoms with Gasteiger partial charge in [-0.2, -0.15) is 0 Å². The molecular weight excluding hydrogens is 244 g/mol. The quantitative estimate of drug-likeness (QED) is 0.792. The van der Waals surface area contributed by atoms with Crippen LogP contribution in [0.25, 0.3) is 0 Å². The monoisotopic (exact) mass is 268 g/mol. The molecule has 1 aromatic carbocycles. The second-order valence-corrected chi connectivity index (χ2v) is 5.76. The van der Waals surface area contributed by atoms with Crippen molar-refractivity contribution in [3.63, 3.8) is 0 Å². The van der Waals surface area contributed by atoms with E-state index in [1.54, 1.807) is 0 Å². The van der Waals surface area contributed by atoms with Gasteiger partial charge in [-0.3, -0.25) is 0 Å². The summed E-state index contributed by atoms with van der Waals surface area (Å²) in [4.78, 5) is 0. The van der Waals surface area contributed by atoms with Gasteiger partial charge in [0, 0.05) is 24.2 Å². The highest BCUT2D eigenvalue weighted by Gasteiger charge is 2.05. The summed E-state index contributed by atoms with van der Waals surface area (Å²) >= 11 is 6.27. The predicted molar refractivity (Wildman–Crippen MR) is 80.2 cm³/mol. The molecule has 2 nitrogen and oxygen atoms in total. The minimum atomic E-state index is 0.445. The van der Waals surface area contributed by atoms with E-state index < -0.39 is 0 Å². The number of hydrogen-bond donors (Lipinski definition) is 2. The van der Waals surface area contributed by atoms with Crippen molar-refractivity contribution in [1.82, 2.24) is 10.6 Å². The van der Waals surface area contributed by atoms with Crippen molar-refractivity contribution in [3.05, 3.63) is 34.3 Å². The van der Waals surface area contributed by atoms with Crippen molar-refractivity contribution in [2.75, 3.05) is 13.1 Å². The average Bonchev–Trinajstić information content (AvgIpc) is 2.30. The van der Waals surface area contributed by atoms with E-state index in [2.05, 4.69) is 43.5 Å². The molecule has 1 unspecified atom stereocenters. The van der Waals surface area contributed by atoms with Gasteiger partial charge in [0.1, 0.15) is 0 Å². The van der Waals surface area contributed by atoms with Gasteiger partial charge >= 0.3 is 0 Å². The SMILES string of the molecule is Cc1cccc(CNC(C)CNCC(C)C)c1Cl. The van der Waals surface area contributed by atoms with Crippen molar-refractivity contribution in [2.45, 2.75) is 40.3 Å². The largest absolute Gasteiger partial charge is 0.315 e. The molecule has 0 spiro atoms. The molecule has 0 amide bonds. The highest BCUT2D eigenvalue weighted by molar-refractivity contribution is 6.32. The molecule has 1 aromatic rings. The number of hydrogen-bond acceptors (Lipinski definition) is 2. The van der Waals surface area contributed by atoms with Gasteiger partial charge in [-0.1, -0.05) is 43.6 Å². The second kappa shape index (κ2) is 7.78. The third-order valence-corrected chi connectivity index (χ3v) is 3.46. The van der Waals surface area contributed by atoms with Crippen LogP contribution in [0.3, 0.4) is 0 Å². The molecule has 102 valence electrons. The number of halogens is 1. The summed E-state index contributed by atoms with van der Waals surface area (Å²) in [5.74, 6) is 0.698. The zero-order chi connectivity index (χ0) is 13.5. The van der Waals surface area contributed by atoms with E-state index >= 15 is 0 Å². The Hall–Kier alpha value is -0.570. The smallest absolute Gasteiger partial charge is 0.0480 e. The van der Waals surface area contributed by atoms with E-state index in [1.807, 2.05) is 13.0 Å². The van der Waals surface area contributed by atoms with Crippen molar-refractivity contribution in [3.8, 4) is 0 Å². The van der Waals surface area contributed by atoms with Gasteiger partial charge in [0.15, 0.2) is 0 Å². The Kier molecular flexibility index (Phi) is 6.69. The third-order valence-electron chi connectivity index (χ3n) is 2.92. The van der Waals surface area contributed by atoms with Crippen LogP contribution in [-0.4, -0.2) is 19.1 Å². The molecule has 0 saturated carbocycles.